The number of carbonyl (C=O) groups is 2. The smallest absolute Gasteiger partial charge is 0.349 e. The van der Waals surface area contributed by atoms with E-state index >= 15 is 0 Å². The molecule has 1 heterocycles. The maximum atomic E-state index is 12.4. The van der Waals surface area contributed by atoms with E-state index in [-0.39, 0.29) is 11.1 Å². The maximum Gasteiger partial charge on any atom is 0.349 e. The zero-order valence-corrected chi connectivity index (χ0v) is 14.6. The summed E-state index contributed by atoms with van der Waals surface area (Å²) in [6, 6.07) is 12.8. The van der Waals surface area contributed by atoms with Crippen molar-refractivity contribution >= 4 is 44.5 Å². The third-order valence-corrected chi connectivity index (χ3v) is 3.97. The summed E-state index contributed by atoms with van der Waals surface area (Å²) in [4.78, 5) is 36.0. The molecule has 7 heteroatoms. The lowest BCUT2D eigenvalue weighted by Gasteiger charge is -2.07. The third kappa shape index (κ3) is 3.61. The number of carbonyl (C=O) groups excluding carboxylic acids is 2. The van der Waals surface area contributed by atoms with E-state index in [0.29, 0.717) is 16.7 Å². The van der Waals surface area contributed by atoms with Crippen molar-refractivity contribution in [3.05, 3.63) is 74.6 Å². The monoisotopic (exact) mass is 401 g/mol. The molecule has 0 aliphatic rings. The predicted octanol–water partition coefficient (Wildman–Crippen LogP) is 3.59. The van der Waals surface area contributed by atoms with Gasteiger partial charge in [-0.15, -0.1) is 0 Å². The van der Waals surface area contributed by atoms with Crippen molar-refractivity contribution in [2.75, 3.05) is 12.4 Å². The molecule has 0 aliphatic carbocycles. The molecular formula is C18H12BrNO5. The van der Waals surface area contributed by atoms with Crippen LogP contribution >= 0.6 is 15.9 Å². The summed E-state index contributed by atoms with van der Waals surface area (Å²) in [7, 11) is 1.27. The van der Waals surface area contributed by atoms with Crippen LogP contribution in [0.25, 0.3) is 11.0 Å². The average molecular weight is 402 g/mol. The standard InChI is InChI=1S/C18H12BrNO5/c1-24-17(22)10-3-2-4-13(8-10)20-16(21)14-9-11-7-12(19)5-6-15(11)25-18(14)23/h2-9H,1H3,(H,20,21). The number of hydrogen-bond donors (Lipinski definition) is 1. The molecule has 25 heavy (non-hydrogen) atoms. The highest BCUT2D eigenvalue weighted by molar-refractivity contribution is 9.10. The molecule has 0 spiro atoms. The molecule has 3 rings (SSSR count). The summed E-state index contributed by atoms with van der Waals surface area (Å²) < 4.78 is 10.6. The quantitative estimate of drug-likeness (QED) is 0.535. The molecule has 1 N–H and O–H groups in total. The predicted molar refractivity (Wildman–Crippen MR) is 95.9 cm³/mol. The molecule has 0 radical (unpaired) electrons. The Labute approximate surface area is 150 Å². The summed E-state index contributed by atoms with van der Waals surface area (Å²) >= 11 is 3.33. The molecule has 6 nitrogen and oxygen atoms in total. The van der Waals surface area contributed by atoms with Crippen LogP contribution in [0.2, 0.25) is 0 Å². The highest BCUT2D eigenvalue weighted by atomic mass is 79.9. The molecule has 0 bridgehead atoms. The van der Waals surface area contributed by atoms with Crippen molar-refractivity contribution in [3.63, 3.8) is 0 Å². The van der Waals surface area contributed by atoms with E-state index in [4.69, 9.17) is 4.42 Å². The fourth-order valence-electron chi connectivity index (χ4n) is 2.29. The molecule has 0 aliphatic heterocycles. The van der Waals surface area contributed by atoms with Gasteiger partial charge in [-0.3, -0.25) is 4.79 Å². The second-order valence-electron chi connectivity index (χ2n) is 5.16. The Morgan fingerprint density at radius 3 is 2.68 bits per heavy atom. The van der Waals surface area contributed by atoms with Crippen LogP contribution in [-0.2, 0) is 4.74 Å². The molecule has 126 valence electrons. The van der Waals surface area contributed by atoms with E-state index in [0.717, 1.165) is 4.47 Å². The number of methoxy groups -OCH3 is 1. The first-order valence-electron chi connectivity index (χ1n) is 7.21. The number of rotatable bonds is 3. The summed E-state index contributed by atoms with van der Waals surface area (Å²) in [6.45, 7) is 0. The number of halogens is 1. The van der Waals surface area contributed by atoms with Crippen LogP contribution in [0.5, 0.6) is 0 Å². The number of nitrogens with one attached hydrogen (secondary N) is 1. The van der Waals surface area contributed by atoms with Crippen molar-refractivity contribution in [1.82, 2.24) is 0 Å². The van der Waals surface area contributed by atoms with E-state index in [9.17, 15) is 14.4 Å². The van der Waals surface area contributed by atoms with Gasteiger partial charge in [0.15, 0.2) is 0 Å². The lowest BCUT2D eigenvalue weighted by atomic mass is 10.1. The van der Waals surface area contributed by atoms with Crippen LogP contribution < -0.4 is 10.9 Å². The number of amides is 1. The van der Waals surface area contributed by atoms with Gasteiger partial charge in [-0.2, -0.15) is 0 Å². The molecule has 0 saturated heterocycles. The molecule has 1 amide bonds. The molecule has 0 atom stereocenters. The zero-order valence-electron chi connectivity index (χ0n) is 13.0. The Balaban J connectivity index is 1.93. The van der Waals surface area contributed by atoms with Gasteiger partial charge in [0.2, 0.25) is 0 Å². The number of anilines is 1. The van der Waals surface area contributed by atoms with Crippen LogP contribution in [0.3, 0.4) is 0 Å². The van der Waals surface area contributed by atoms with Crippen molar-refractivity contribution in [2.24, 2.45) is 0 Å². The van der Waals surface area contributed by atoms with E-state index in [1.807, 2.05) is 0 Å². The average Bonchev–Trinajstić information content (AvgIpc) is 2.61. The summed E-state index contributed by atoms with van der Waals surface area (Å²) in [5.74, 6) is -1.15. The van der Waals surface area contributed by atoms with Crippen LogP contribution in [-0.4, -0.2) is 19.0 Å². The molecule has 0 unspecified atom stereocenters. The van der Waals surface area contributed by atoms with Crippen LogP contribution in [0, 0.1) is 0 Å². The first-order chi connectivity index (χ1) is 12.0. The van der Waals surface area contributed by atoms with Crippen molar-refractivity contribution < 1.29 is 18.7 Å². The van der Waals surface area contributed by atoms with Gasteiger partial charge in [-0.1, -0.05) is 22.0 Å². The van der Waals surface area contributed by atoms with Crippen molar-refractivity contribution in [2.45, 2.75) is 0 Å². The number of fused-ring (bicyclic) bond motifs is 1. The van der Waals surface area contributed by atoms with Gasteiger partial charge in [0, 0.05) is 15.5 Å². The van der Waals surface area contributed by atoms with E-state index in [2.05, 4.69) is 26.0 Å². The molecular weight excluding hydrogens is 390 g/mol. The first-order valence-corrected chi connectivity index (χ1v) is 8.00. The van der Waals surface area contributed by atoms with Gasteiger partial charge in [-0.25, -0.2) is 9.59 Å². The maximum absolute atomic E-state index is 12.4. The van der Waals surface area contributed by atoms with Crippen LogP contribution in [0.1, 0.15) is 20.7 Å². The topological polar surface area (TPSA) is 85.6 Å². The number of hydrogen-bond acceptors (Lipinski definition) is 5. The van der Waals surface area contributed by atoms with Crippen molar-refractivity contribution in [1.29, 1.82) is 0 Å². The van der Waals surface area contributed by atoms with Gasteiger partial charge in [0.1, 0.15) is 11.1 Å². The Morgan fingerprint density at radius 2 is 1.92 bits per heavy atom. The number of benzene rings is 2. The SMILES string of the molecule is COC(=O)c1cccc(NC(=O)c2cc3cc(Br)ccc3oc2=O)c1. The first kappa shape index (κ1) is 16.9. The second kappa shape index (κ2) is 6.90. The van der Waals surface area contributed by atoms with Gasteiger partial charge in [0.05, 0.1) is 12.7 Å². The van der Waals surface area contributed by atoms with Crippen molar-refractivity contribution in [3.8, 4) is 0 Å². The van der Waals surface area contributed by atoms with Gasteiger partial charge >= 0.3 is 11.6 Å². The molecule has 2 aromatic carbocycles. The van der Waals surface area contributed by atoms with Crippen LogP contribution in [0.15, 0.2) is 62.2 Å². The second-order valence-corrected chi connectivity index (χ2v) is 6.07. The fraction of sp³-hybridized carbons (Fsp3) is 0.0556. The minimum atomic E-state index is -0.739. The Hall–Kier alpha value is -2.93. The Kier molecular flexibility index (Phi) is 4.67. The number of esters is 1. The molecule has 3 aromatic rings. The Bertz CT molecular complexity index is 1040. The zero-order chi connectivity index (χ0) is 18.0. The Morgan fingerprint density at radius 1 is 1.12 bits per heavy atom. The van der Waals surface area contributed by atoms with Crippen LogP contribution in [0.4, 0.5) is 5.69 Å². The highest BCUT2D eigenvalue weighted by Gasteiger charge is 2.15. The van der Waals surface area contributed by atoms with Gasteiger partial charge in [-0.05, 0) is 42.5 Å². The largest absolute Gasteiger partial charge is 0.465 e. The fourth-order valence-corrected chi connectivity index (χ4v) is 2.67. The lowest BCUT2D eigenvalue weighted by Crippen LogP contribution is -2.20. The molecule has 0 fully saturated rings. The van der Waals surface area contributed by atoms with E-state index in [1.165, 1.54) is 19.2 Å². The normalized spacial score (nSPS) is 10.5. The van der Waals surface area contributed by atoms with E-state index in [1.54, 1.807) is 36.4 Å². The summed E-state index contributed by atoms with van der Waals surface area (Å²) in [6.07, 6.45) is 0. The highest BCUT2D eigenvalue weighted by Crippen LogP contribution is 2.20. The minimum Gasteiger partial charge on any atom is -0.465 e. The summed E-state index contributed by atoms with van der Waals surface area (Å²) in [5, 5.41) is 3.19. The van der Waals surface area contributed by atoms with E-state index < -0.39 is 17.5 Å². The van der Waals surface area contributed by atoms with Gasteiger partial charge < -0.3 is 14.5 Å². The molecule has 1 aromatic heterocycles. The summed E-state index contributed by atoms with van der Waals surface area (Å²) in [5.41, 5.74) is 0.166. The van der Waals surface area contributed by atoms with Gasteiger partial charge in [0.25, 0.3) is 5.91 Å². The minimum absolute atomic E-state index is 0.130. The third-order valence-electron chi connectivity index (χ3n) is 3.48. The number of ether oxygens (including phenoxy) is 1. The molecule has 0 saturated carbocycles. The lowest BCUT2D eigenvalue weighted by molar-refractivity contribution is 0.0600.